The van der Waals surface area contributed by atoms with Gasteiger partial charge in [-0.1, -0.05) is 29.8 Å². The predicted octanol–water partition coefficient (Wildman–Crippen LogP) is 4.39. The molecule has 1 fully saturated rings. The molecule has 4 aromatic rings. The summed E-state index contributed by atoms with van der Waals surface area (Å²) in [5, 5.41) is 3.38. The van der Waals surface area contributed by atoms with Gasteiger partial charge in [0.15, 0.2) is 0 Å². The highest BCUT2D eigenvalue weighted by molar-refractivity contribution is 7.17. The zero-order chi connectivity index (χ0) is 18.9. The van der Waals surface area contributed by atoms with Gasteiger partial charge in [0.1, 0.15) is 17.0 Å². The first-order valence-electron chi connectivity index (χ1n) is 9.49. The van der Waals surface area contributed by atoms with Crippen molar-refractivity contribution >= 4 is 33.1 Å². The van der Waals surface area contributed by atoms with Gasteiger partial charge in [0.05, 0.1) is 5.39 Å². The van der Waals surface area contributed by atoms with Crippen LogP contribution in [0.25, 0.3) is 21.3 Å². The molecule has 0 spiro atoms. The molecule has 28 heavy (non-hydrogen) atoms. The van der Waals surface area contributed by atoms with E-state index in [1.54, 1.807) is 17.7 Å². The summed E-state index contributed by atoms with van der Waals surface area (Å²) >= 11 is 1.69. The number of thiophene rings is 1. The second-order valence-corrected chi connectivity index (χ2v) is 7.93. The summed E-state index contributed by atoms with van der Waals surface area (Å²) in [4.78, 5) is 19.2. The van der Waals surface area contributed by atoms with Crippen molar-refractivity contribution < 1.29 is 0 Å². The molecule has 6 heteroatoms. The molecule has 0 N–H and O–H groups in total. The topological polar surface area (TPSA) is 45.2 Å². The summed E-state index contributed by atoms with van der Waals surface area (Å²) in [5.41, 5.74) is 4.96. The minimum atomic E-state index is 0.942. The van der Waals surface area contributed by atoms with Crippen LogP contribution in [-0.2, 0) is 0 Å². The lowest BCUT2D eigenvalue weighted by Crippen LogP contribution is -2.46. The Hall–Kier alpha value is -2.99. The van der Waals surface area contributed by atoms with Crippen LogP contribution in [0.2, 0.25) is 0 Å². The third-order valence-electron chi connectivity index (χ3n) is 5.32. The summed E-state index contributed by atoms with van der Waals surface area (Å²) in [6.07, 6.45) is 5.41. The van der Waals surface area contributed by atoms with Crippen LogP contribution >= 0.6 is 11.3 Å². The number of anilines is 2. The normalized spacial score (nSPS) is 14.6. The first-order chi connectivity index (χ1) is 13.8. The van der Waals surface area contributed by atoms with Crippen molar-refractivity contribution in [3.05, 3.63) is 66.1 Å². The van der Waals surface area contributed by atoms with Crippen molar-refractivity contribution in [3.63, 3.8) is 0 Å². The van der Waals surface area contributed by atoms with E-state index in [1.807, 2.05) is 12.4 Å². The summed E-state index contributed by atoms with van der Waals surface area (Å²) in [6, 6.07) is 12.9. The van der Waals surface area contributed by atoms with Crippen LogP contribution in [0.4, 0.5) is 11.5 Å². The van der Waals surface area contributed by atoms with Gasteiger partial charge in [-0.05, 0) is 24.6 Å². The number of rotatable bonds is 3. The Morgan fingerprint density at radius 2 is 1.57 bits per heavy atom. The van der Waals surface area contributed by atoms with Gasteiger partial charge in [0.2, 0.25) is 0 Å². The zero-order valence-corrected chi connectivity index (χ0v) is 16.6. The van der Waals surface area contributed by atoms with Gasteiger partial charge in [-0.2, -0.15) is 0 Å². The lowest BCUT2D eigenvalue weighted by atomic mass is 10.0. The second-order valence-electron chi connectivity index (χ2n) is 7.07. The molecule has 140 valence electrons. The fourth-order valence-corrected chi connectivity index (χ4v) is 4.69. The molecule has 1 saturated heterocycles. The molecule has 1 aromatic carbocycles. The van der Waals surface area contributed by atoms with E-state index in [1.165, 1.54) is 27.8 Å². The number of hydrogen-bond acceptors (Lipinski definition) is 6. The van der Waals surface area contributed by atoms with Crippen molar-refractivity contribution in [1.82, 2.24) is 15.0 Å². The molecule has 4 heterocycles. The van der Waals surface area contributed by atoms with Gasteiger partial charge in [-0.25, -0.2) is 9.97 Å². The maximum Gasteiger partial charge on any atom is 0.141 e. The number of pyridine rings is 1. The van der Waals surface area contributed by atoms with Crippen molar-refractivity contribution in [2.45, 2.75) is 6.92 Å². The summed E-state index contributed by atoms with van der Waals surface area (Å²) in [5.74, 6) is 1.05. The first kappa shape index (κ1) is 17.1. The van der Waals surface area contributed by atoms with Gasteiger partial charge < -0.3 is 9.80 Å². The standard InChI is InChI=1S/C22H21N5S/c1-16-2-4-17(5-3-16)19-14-28-22-20(19)21(24-15-25-22)27-12-10-26(11-13-27)18-6-8-23-9-7-18/h2-9,14-15H,10-13H2,1H3. The van der Waals surface area contributed by atoms with Crippen LogP contribution in [0.5, 0.6) is 0 Å². The van der Waals surface area contributed by atoms with Crippen LogP contribution in [0.1, 0.15) is 5.56 Å². The molecular formula is C22H21N5S. The Bertz CT molecular complexity index is 1080. The van der Waals surface area contributed by atoms with Gasteiger partial charge in [0, 0.05) is 55.2 Å². The fourth-order valence-electron chi connectivity index (χ4n) is 3.78. The molecule has 1 aliphatic heterocycles. The third-order valence-corrected chi connectivity index (χ3v) is 6.21. The Morgan fingerprint density at radius 3 is 2.32 bits per heavy atom. The zero-order valence-electron chi connectivity index (χ0n) is 15.7. The molecule has 1 aliphatic rings. The van der Waals surface area contributed by atoms with Gasteiger partial charge >= 0.3 is 0 Å². The van der Waals surface area contributed by atoms with Gasteiger partial charge in [-0.15, -0.1) is 11.3 Å². The fraction of sp³-hybridized carbons (Fsp3) is 0.227. The van der Waals surface area contributed by atoms with Crippen molar-refractivity contribution in [2.24, 2.45) is 0 Å². The first-order valence-corrected chi connectivity index (χ1v) is 10.4. The number of piperazine rings is 1. The maximum absolute atomic E-state index is 4.70. The van der Waals surface area contributed by atoms with E-state index in [-0.39, 0.29) is 0 Å². The van der Waals surface area contributed by atoms with E-state index in [0.29, 0.717) is 0 Å². The molecule has 0 bridgehead atoms. The van der Waals surface area contributed by atoms with Crippen molar-refractivity contribution in [1.29, 1.82) is 0 Å². The van der Waals surface area contributed by atoms with Crippen LogP contribution in [-0.4, -0.2) is 41.1 Å². The number of hydrogen-bond donors (Lipinski definition) is 0. The molecular weight excluding hydrogens is 366 g/mol. The third kappa shape index (κ3) is 3.10. The molecule has 0 atom stereocenters. The lowest BCUT2D eigenvalue weighted by Gasteiger charge is -2.37. The van der Waals surface area contributed by atoms with E-state index >= 15 is 0 Å². The maximum atomic E-state index is 4.70. The molecule has 0 unspecified atom stereocenters. The van der Waals surface area contributed by atoms with Crippen LogP contribution < -0.4 is 9.80 Å². The van der Waals surface area contributed by atoms with Crippen LogP contribution in [0, 0.1) is 6.92 Å². The molecule has 0 saturated carbocycles. The van der Waals surface area contributed by atoms with E-state index in [2.05, 4.69) is 68.5 Å². The largest absolute Gasteiger partial charge is 0.368 e. The number of benzene rings is 1. The number of fused-ring (bicyclic) bond motifs is 1. The SMILES string of the molecule is Cc1ccc(-c2csc3ncnc(N4CCN(c5ccncc5)CC4)c23)cc1. The van der Waals surface area contributed by atoms with Crippen molar-refractivity contribution in [2.75, 3.05) is 36.0 Å². The average molecular weight is 388 g/mol. The Kier molecular flexibility index (Phi) is 4.41. The summed E-state index contributed by atoms with van der Waals surface area (Å²) in [7, 11) is 0. The molecule has 5 nitrogen and oxygen atoms in total. The Balaban J connectivity index is 1.47. The molecule has 5 rings (SSSR count). The van der Waals surface area contributed by atoms with Gasteiger partial charge in [-0.3, -0.25) is 4.98 Å². The van der Waals surface area contributed by atoms with E-state index in [9.17, 15) is 0 Å². The predicted molar refractivity (Wildman–Crippen MR) is 116 cm³/mol. The molecule has 0 radical (unpaired) electrons. The minimum Gasteiger partial charge on any atom is -0.368 e. The quantitative estimate of drug-likeness (QED) is 0.522. The lowest BCUT2D eigenvalue weighted by molar-refractivity contribution is 0.648. The highest BCUT2D eigenvalue weighted by atomic mass is 32.1. The Labute approximate surface area is 168 Å². The smallest absolute Gasteiger partial charge is 0.141 e. The summed E-state index contributed by atoms with van der Waals surface area (Å²) in [6.45, 7) is 5.95. The summed E-state index contributed by atoms with van der Waals surface area (Å²) < 4.78 is 0. The number of aromatic nitrogens is 3. The minimum absolute atomic E-state index is 0.942. The molecule has 0 aliphatic carbocycles. The monoisotopic (exact) mass is 387 g/mol. The van der Waals surface area contributed by atoms with Crippen LogP contribution in [0.3, 0.4) is 0 Å². The van der Waals surface area contributed by atoms with E-state index < -0.39 is 0 Å². The Morgan fingerprint density at radius 1 is 0.857 bits per heavy atom. The highest BCUT2D eigenvalue weighted by Gasteiger charge is 2.22. The molecule has 3 aromatic heterocycles. The second kappa shape index (κ2) is 7.20. The number of nitrogens with zero attached hydrogens (tertiary/aromatic N) is 5. The highest BCUT2D eigenvalue weighted by Crippen LogP contribution is 2.38. The van der Waals surface area contributed by atoms with Crippen LogP contribution in [0.15, 0.2) is 60.5 Å². The van der Waals surface area contributed by atoms with E-state index in [4.69, 9.17) is 4.98 Å². The van der Waals surface area contributed by atoms with E-state index in [0.717, 1.165) is 36.8 Å². The van der Waals surface area contributed by atoms with Crippen molar-refractivity contribution in [3.8, 4) is 11.1 Å². The number of aryl methyl sites for hydroxylation is 1. The average Bonchev–Trinajstić information content (AvgIpc) is 3.19. The molecule has 0 amide bonds. The van der Waals surface area contributed by atoms with Gasteiger partial charge in [0.25, 0.3) is 0 Å².